The van der Waals surface area contributed by atoms with Crippen molar-refractivity contribution in [2.45, 2.75) is 50.0 Å². The van der Waals surface area contributed by atoms with E-state index in [0.29, 0.717) is 47.7 Å². The highest BCUT2D eigenvalue weighted by molar-refractivity contribution is 5.74. The highest BCUT2D eigenvalue weighted by Gasteiger charge is 2.44. The van der Waals surface area contributed by atoms with Crippen LogP contribution in [0.2, 0.25) is 0 Å². The van der Waals surface area contributed by atoms with Gasteiger partial charge >= 0.3 is 0 Å². The number of halogens is 1. The number of hydrogen-bond donors (Lipinski definition) is 2. The highest BCUT2D eigenvalue weighted by atomic mass is 19.1. The smallest absolute Gasteiger partial charge is 0.194 e. The summed E-state index contributed by atoms with van der Waals surface area (Å²) in [5.41, 5.74) is 2.46. The second-order valence-corrected chi connectivity index (χ2v) is 8.95. The van der Waals surface area contributed by atoms with E-state index >= 15 is 4.39 Å². The molecule has 0 radical (unpaired) electrons. The van der Waals surface area contributed by atoms with Crippen molar-refractivity contribution in [3.8, 4) is 34.0 Å². The number of anilines is 1. The van der Waals surface area contributed by atoms with Crippen LogP contribution in [0.4, 0.5) is 10.2 Å². The summed E-state index contributed by atoms with van der Waals surface area (Å²) in [7, 11) is 0. The third-order valence-corrected chi connectivity index (χ3v) is 6.94. The molecule has 0 aliphatic carbocycles. The largest absolute Gasteiger partial charge is 0.507 e. The molecule has 1 aromatic carbocycles. The third-order valence-electron chi connectivity index (χ3n) is 6.94. The first-order chi connectivity index (χ1) is 16.2. The number of piperidine rings is 2. The topological polar surface area (TPSA) is 96.3 Å². The van der Waals surface area contributed by atoms with Gasteiger partial charge in [-0.2, -0.15) is 10.2 Å². The van der Waals surface area contributed by atoms with Gasteiger partial charge in [-0.05, 0) is 43.5 Å². The van der Waals surface area contributed by atoms with E-state index in [0.717, 1.165) is 31.2 Å². The van der Waals surface area contributed by atoms with Crippen LogP contribution >= 0.6 is 0 Å². The average Bonchev–Trinajstić information content (AvgIpc) is 2.86. The first-order valence-corrected chi connectivity index (χ1v) is 11.5. The molecule has 2 fully saturated rings. The van der Waals surface area contributed by atoms with E-state index in [1.165, 1.54) is 0 Å². The fourth-order valence-electron chi connectivity index (χ4n) is 5.33. The van der Waals surface area contributed by atoms with Gasteiger partial charge in [-0.25, -0.2) is 4.39 Å². The number of nitrogens with zero attached hydrogens (tertiary/aromatic N) is 5. The summed E-state index contributed by atoms with van der Waals surface area (Å²) in [4.78, 5) is 2.03. The Balaban J connectivity index is 1.30. The van der Waals surface area contributed by atoms with E-state index < -0.39 is 6.17 Å². The van der Waals surface area contributed by atoms with E-state index in [9.17, 15) is 5.11 Å². The van der Waals surface area contributed by atoms with Gasteiger partial charge in [-0.15, -0.1) is 10.2 Å². The van der Waals surface area contributed by atoms with Gasteiger partial charge in [0.1, 0.15) is 24.2 Å². The van der Waals surface area contributed by atoms with Gasteiger partial charge < -0.3 is 20.1 Å². The Morgan fingerprint density at radius 1 is 1.09 bits per heavy atom. The molecule has 4 atom stereocenters. The Hall–Kier alpha value is -3.33. The van der Waals surface area contributed by atoms with E-state index in [2.05, 4.69) is 25.7 Å². The van der Waals surface area contributed by atoms with Crippen molar-refractivity contribution in [3.63, 3.8) is 0 Å². The molecule has 0 saturated carbocycles. The summed E-state index contributed by atoms with van der Waals surface area (Å²) in [6, 6.07) is 10.7. The van der Waals surface area contributed by atoms with Gasteiger partial charge in [-0.3, -0.25) is 0 Å². The molecule has 3 aliphatic heterocycles. The molecule has 3 aromatic rings. The maximum absolute atomic E-state index is 15.3. The lowest BCUT2D eigenvalue weighted by atomic mass is 9.82. The zero-order valence-electron chi connectivity index (χ0n) is 18.1. The monoisotopic (exact) mass is 448 g/mol. The van der Waals surface area contributed by atoms with E-state index in [1.54, 1.807) is 30.5 Å². The molecular formula is C24H25FN6O2. The molecule has 2 bridgehead atoms. The van der Waals surface area contributed by atoms with Crippen LogP contribution in [0, 0.1) is 0 Å². The lowest BCUT2D eigenvalue weighted by molar-refractivity contribution is 0.100. The number of nitrogens with one attached hydrogen (secondary N) is 1. The standard InChI is InChI=1S/C24H25FN6O2/c25-23-18-4-1-3-15(27-18)12-20(23)31-9-10-33-22-13-19(29-30-24(22)31)16-7-6-14(11-21(16)32)17-5-2-8-26-28-17/h2,5-8,11,13,15,18,20,23,27,32H,1,3-4,9-10,12H2/t15-,18-,20-,23+/m1/s1. The van der Waals surface area contributed by atoms with Crippen LogP contribution < -0.4 is 15.0 Å². The zero-order valence-corrected chi connectivity index (χ0v) is 18.1. The number of rotatable bonds is 3. The van der Waals surface area contributed by atoms with Gasteiger partial charge in [0.05, 0.1) is 18.3 Å². The van der Waals surface area contributed by atoms with E-state index in [-0.39, 0.29) is 17.8 Å². The number of fused-ring (bicyclic) bond motifs is 3. The minimum Gasteiger partial charge on any atom is -0.507 e. The van der Waals surface area contributed by atoms with E-state index in [4.69, 9.17) is 4.74 Å². The van der Waals surface area contributed by atoms with Crippen molar-refractivity contribution < 1.29 is 14.2 Å². The summed E-state index contributed by atoms with van der Waals surface area (Å²) in [5.74, 6) is 1.21. The first-order valence-electron chi connectivity index (χ1n) is 11.5. The Morgan fingerprint density at radius 2 is 2.03 bits per heavy atom. The lowest BCUT2D eigenvalue weighted by Crippen LogP contribution is -2.63. The molecule has 8 nitrogen and oxygen atoms in total. The number of phenolic OH excluding ortho intramolecular Hbond substituents is 1. The maximum Gasteiger partial charge on any atom is 0.194 e. The van der Waals surface area contributed by atoms with Crippen LogP contribution in [0.25, 0.3) is 22.5 Å². The van der Waals surface area contributed by atoms with Crippen LogP contribution in [-0.2, 0) is 0 Å². The predicted molar refractivity (Wildman–Crippen MR) is 121 cm³/mol. The number of aromatic hydroxyl groups is 1. The quantitative estimate of drug-likeness (QED) is 0.631. The number of aromatic nitrogens is 4. The summed E-state index contributed by atoms with van der Waals surface area (Å²) in [6.07, 6.45) is 4.45. The third kappa shape index (κ3) is 3.66. The Bertz CT molecular complexity index is 1160. The molecule has 0 unspecified atom stereocenters. The molecular weight excluding hydrogens is 423 g/mol. The summed E-state index contributed by atoms with van der Waals surface area (Å²) in [6.45, 7) is 1.05. The maximum atomic E-state index is 15.3. The van der Waals surface area contributed by atoms with Crippen molar-refractivity contribution in [1.29, 1.82) is 0 Å². The van der Waals surface area contributed by atoms with Gasteiger partial charge in [0.2, 0.25) is 0 Å². The van der Waals surface area contributed by atoms with Crippen molar-refractivity contribution in [2.75, 3.05) is 18.1 Å². The van der Waals surface area contributed by atoms with Crippen LogP contribution in [0.1, 0.15) is 25.7 Å². The Labute approximate surface area is 190 Å². The average molecular weight is 449 g/mol. The molecule has 3 aliphatic rings. The number of hydrogen-bond acceptors (Lipinski definition) is 8. The molecule has 9 heteroatoms. The van der Waals surface area contributed by atoms with Crippen molar-refractivity contribution in [2.24, 2.45) is 0 Å². The summed E-state index contributed by atoms with van der Waals surface area (Å²) in [5, 5.41) is 30.9. The van der Waals surface area contributed by atoms with Crippen molar-refractivity contribution in [3.05, 3.63) is 42.6 Å². The highest BCUT2D eigenvalue weighted by Crippen LogP contribution is 2.40. The number of phenols is 1. The molecule has 6 rings (SSSR count). The van der Waals surface area contributed by atoms with Crippen LogP contribution in [0.5, 0.6) is 11.5 Å². The lowest BCUT2D eigenvalue weighted by Gasteiger charge is -2.47. The first kappa shape index (κ1) is 20.3. The molecule has 2 aromatic heterocycles. The van der Waals surface area contributed by atoms with Crippen LogP contribution in [0.15, 0.2) is 42.6 Å². The van der Waals surface area contributed by atoms with Gasteiger partial charge in [-0.1, -0.05) is 12.5 Å². The van der Waals surface area contributed by atoms with Crippen LogP contribution in [-0.4, -0.2) is 63.0 Å². The molecule has 170 valence electrons. The van der Waals surface area contributed by atoms with Crippen molar-refractivity contribution >= 4 is 5.82 Å². The van der Waals surface area contributed by atoms with Gasteiger partial charge in [0.15, 0.2) is 11.6 Å². The molecule has 0 spiro atoms. The normalized spacial score (nSPS) is 26.4. The number of benzene rings is 1. The molecule has 2 saturated heterocycles. The van der Waals surface area contributed by atoms with Gasteiger partial charge in [0, 0.05) is 35.5 Å². The molecule has 33 heavy (non-hydrogen) atoms. The molecule has 0 amide bonds. The SMILES string of the molecule is Oc1cc(-c2cccnn2)ccc1-c1cc2c(nn1)N([C@@H]1C[C@H]3CCC[C@@H](N3)[C@@H]1F)CCO2. The summed E-state index contributed by atoms with van der Waals surface area (Å²) >= 11 is 0. The second-order valence-electron chi connectivity index (χ2n) is 8.95. The fourth-order valence-corrected chi connectivity index (χ4v) is 5.33. The van der Waals surface area contributed by atoms with Gasteiger partial charge in [0.25, 0.3) is 0 Å². The Kier molecular flexibility index (Phi) is 5.05. The number of ether oxygens (including phenoxy) is 1. The van der Waals surface area contributed by atoms with Crippen LogP contribution in [0.3, 0.4) is 0 Å². The second kappa shape index (κ2) is 8.22. The summed E-state index contributed by atoms with van der Waals surface area (Å²) < 4.78 is 21.2. The Morgan fingerprint density at radius 3 is 2.88 bits per heavy atom. The van der Waals surface area contributed by atoms with E-state index in [1.807, 2.05) is 17.0 Å². The zero-order chi connectivity index (χ0) is 22.4. The molecule has 2 N–H and O–H groups in total. The molecule has 5 heterocycles. The number of alkyl halides is 1. The minimum atomic E-state index is -0.952. The predicted octanol–water partition coefficient (Wildman–Crippen LogP) is 3.13. The minimum absolute atomic E-state index is 0.0649. The fraction of sp³-hybridized carbons (Fsp3) is 0.417. The van der Waals surface area contributed by atoms with Crippen molar-refractivity contribution in [1.82, 2.24) is 25.7 Å².